The van der Waals surface area contributed by atoms with E-state index in [4.69, 9.17) is 9.47 Å². The van der Waals surface area contributed by atoms with Crippen LogP contribution >= 0.6 is 34.4 Å². The van der Waals surface area contributed by atoms with Gasteiger partial charge in [-0.15, -0.1) is 32.9 Å². The number of carbonyl (C=O) groups excluding carboxylic acids is 3. The van der Waals surface area contributed by atoms with Gasteiger partial charge in [0, 0.05) is 22.4 Å². The highest BCUT2D eigenvalue weighted by molar-refractivity contribution is 7.99. The van der Waals surface area contributed by atoms with Gasteiger partial charge in [-0.2, -0.15) is 0 Å². The molecule has 0 saturated carbocycles. The Morgan fingerprint density at radius 2 is 1.75 bits per heavy atom. The Hall–Kier alpha value is -2.70. The summed E-state index contributed by atoms with van der Waals surface area (Å²) in [6.45, 7) is 12.3. The van der Waals surface area contributed by atoms with Gasteiger partial charge in [-0.1, -0.05) is 18.7 Å². The van der Waals surface area contributed by atoms with Crippen molar-refractivity contribution < 1.29 is 23.9 Å². The molecule has 194 valence electrons. The summed E-state index contributed by atoms with van der Waals surface area (Å²) in [4.78, 5) is 39.3. The molecule has 0 aromatic carbocycles. The Balaban J connectivity index is 1.80. The lowest BCUT2D eigenvalue weighted by Gasteiger charge is -2.09. The number of aromatic nitrogens is 3. The zero-order valence-electron chi connectivity index (χ0n) is 21.2. The highest BCUT2D eigenvalue weighted by Crippen LogP contribution is 2.35. The molecule has 0 unspecified atom stereocenters. The monoisotopic (exact) mass is 550 g/mol. The second kappa shape index (κ2) is 12.5. The number of aryl methyl sites for hydroxylation is 1. The van der Waals surface area contributed by atoms with Crippen LogP contribution in [0.2, 0.25) is 0 Å². The van der Waals surface area contributed by atoms with Crippen molar-refractivity contribution in [2.24, 2.45) is 0 Å². The molecule has 12 heteroatoms. The van der Waals surface area contributed by atoms with Gasteiger partial charge in [0.2, 0.25) is 5.91 Å². The minimum atomic E-state index is -0.599. The highest BCUT2D eigenvalue weighted by atomic mass is 32.2. The lowest BCUT2D eigenvalue weighted by atomic mass is 10.1. The second-order valence-corrected chi connectivity index (χ2v) is 10.7. The van der Waals surface area contributed by atoms with E-state index < -0.39 is 11.9 Å². The molecule has 0 fully saturated rings. The zero-order chi connectivity index (χ0) is 26.4. The molecule has 1 amide bonds. The maximum Gasteiger partial charge on any atom is 0.348 e. The van der Waals surface area contributed by atoms with E-state index in [1.54, 1.807) is 32.1 Å². The second-order valence-electron chi connectivity index (χ2n) is 7.63. The van der Waals surface area contributed by atoms with Crippen LogP contribution in [0.15, 0.2) is 10.5 Å². The first-order valence-electron chi connectivity index (χ1n) is 11.7. The van der Waals surface area contributed by atoms with Gasteiger partial charge in [-0.05, 0) is 52.2 Å². The minimum absolute atomic E-state index is 0.0510. The van der Waals surface area contributed by atoms with Gasteiger partial charge >= 0.3 is 11.9 Å². The molecule has 9 nitrogen and oxygen atoms in total. The number of nitrogens with zero attached hydrogens (tertiary/aromatic N) is 3. The number of thioether (sulfide) groups is 1. The summed E-state index contributed by atoms with van der Waals surface area (Å²) in [5.74, 6) is -0.638. The average molecular weight is 551 g/mol. The lowest BCUT2D eigenvalue weighted by molar-refractivity contribution is -0.113. The molecule has 1 N–H and O–H groups in total. The van der Waals surface area contributed by atoms with Crippen molar-refractivity contribution >= 4 is 57.3 Å². The quantitative estimate of drug-likeness (QED) is 0.251. The lowest BCUT2D eigenvalue weighted by Crippen LogP contribution is -2.17. The van der Waals surface area contributed by atoms with Gasteiger partial charge in [-0.25, -0.2) is 9.59 Å². The number of thiophene rings is 2. The third-order valence-corrected chi connectivity index (χ3v) is 8.51. The molecule has 0 spiro atoms. The van der Waals surface area contributed by atoms with E-state index in [9.17, 15) is 14.4 Å². The number of ether oxygens (including phenoxy) is 2. The van der Waals surface area contributed by atoms with Crippen LogP contribution in [0.4, 0.5) is 5.00 Å². The van der Waals surface area contributed by atoms with Gasteiger partial charge < -0.3 is 19.4 Å². The summed E-state index contributed by atoms with van der Waals surface area (Å²) in [5, 5.41) is 14.5. The third kappa shape index (κ3) is 5.81. The van der Waals surface area contributed by atoms with E-state index in [1.807, 2.05) is 11.5 Å². The Bertz CT molecular complexity index is 1260. The molecule has 36 heavy (non-hydrogen) atoms. The average Bonchev–Trinajstić information content (AvgIpc) is 3.52. The van der Waals surface area contributed by atoms with E-state index in [-0.39, 0.29) is 40.3 Å². The maximum atomic E-state index is 12.9. The molecule has 0 aliphatic heterocycles. The number of amides is 1. The van der Waals surface area contributed by atoms with E-state index in [0.29, 0.717) is 17.3 Å². The Kier molecular flexibility index (Phi) is 9.69. The number of anilines is 1. The van der Waals surface area contributed by atoms with Crippen LogP contribution < -0.4 is 5.32 Å². The molecule has 3 heterocycles. The number of rotatable bonds is 11. The fourth-order valence-corrected chi connectivity index (χ4v) is 6.57. The standard InChI is InChI=1S/C24H30N4O5S3/c1-7-15-14(6)34-11-16(15)20-26-27-24(28(20)8-2)35-12-17(29)25-21-18(22(30)32-9-3)13(5)19(36-21)23(31)33-10-4/h11H,7-10,12H2,1-6H3,(H,25,29). The van der Waals surface area contributed by atoms with Crippen molar-refractivity contribution in [2.75, 3.05) is 24.3 Å². The van der Waals surface area contributed by atoms with E-state index in [0.717, 1.165) is 29.1 Å². The van der Waals surface area contributed by atoms with Crippen LogP contribution in [-0.2, 0) is 27.2 Å². The molecule has 0 bridgehead atoms. The Morgan fingerprint density at radius 3 is 2.39 bits per heavy atom. The summed E-state index contributed by atoms with van der Waals surface area (Å²) in [6, 6.07) is 0. The first-order valence-corrected chi connectivity index (χ1v) is 14.4. The minimum Gasteiger partial charge on any atom is -0.462 e. The zero-order valence-corrected chi connectivity index (χ0v) is 23.7. The molecular weight excluding hydrogens is 520 g/mol. The topological polar surface area (TPSA) is 112 Å². The predicted octanol–water partition coefficient (Wildman–Crippen LogP) is 5.35. The van der Waals surface area contributed by atoms with Crippen LogP contribution in [0.1, 0.15) is 63.7 Å². The molecule has 0 aliphatic carbocycles. The summed E-state index contributed by atoms with van der Waals surface area (Å²) in [6.07, 6.45) is 0.906. The molecule has 0 aliphatic rings. The summed E-state index contributed by atoms with van der Waals surface area (Å²) < 4.78 is 12.2. The van der Waals surface area contributed by atoms with Crippen molar-refractivity contribution in [1.29, 1.82) is 0 Å². The fraction of sp³-hybridized carbons (Fsp3) is 0.458. The number of esters is 2. The largest absolute Gasteiger partial charge is 0.462 e. The van der Waals surface area contributed by atoms with E-state index >= 15 is 0 Å². The van der Waals surface area contributed by atoms with Crippen molar-refractivity contribution in [3.8, 4) is 11.4 Å². The molecule has 0 saturated heterocycles. The van der Waals surface area contributed by atoms with Crippen LogP contribution in [-0.4, -0.2) is 51.6 Å². The molecule has 3 rings (SSSR count). The summed E-state index contributed by atoms with van der Waals surface area (Å²) in [5.41, 5.74) is 2.92. The molecular formula is C24H30N4O5S3. The van der Waals surface area contributed by atoms with Gasteiger partial charge in [0.25, 0.3) is 0 Å². The van der Waals surface area contributed by atoms with Crippen LogP contribution in [0.3, 0.4) is 0 Å². The van der Waals surface area contributed by atoms with Crippen LogP contribution in [0.25, 0.3) is 11.4 Å². The van der Waals surface area contributed by atoms with Crippen molar-refractivity contribution in [2.45, 2.75) is 59.7 Å². The molecule has 0 atom stereocenters. The number of nitrogens with one attached hydrogen (secondary N) is 1. The van der Waals surface area contributed by atoms with Gasteiger partial charge in [0.15, 0.2) is 11.0 Å². The van der Waals surface area contributed by atoms with E-state index in [1.165, 1.54) is 22.2 Å². The first-order chi connectivity index (χ1) is 17.3. The summed E-state index contributed by atoms with van der Waals surface area (Å²) >= 11 is 3.96. The van der Waals surface area contributed by atoms with Crippen LogP contribution in [0, 0.1) is 13.8 Å². The third-order valence-electron chi connectivity index (χ3n) is 5.40. The van der Waals surface area contributed by atoms with Gasteiger partial charge in [0.1, 0.15) is 9.88 Å². The Labute approximate surface area is 222 Å². The Morgan fingerprint density at radius 1 is 1.06 bits per heavy atom. The molecule has 3 aromatic heterocycles. The van der Waals surface area contributed by atoms with Crippen molar-refractivity contribution in [3.05, 3.63) is 31.8 Å². The number of hydrogen-bond donors (Lipinski definition) is 1. The molecule has 0 radical (unpaired) electrons. The van der Waals surface area contributed by atoms with Crippen LogP contribution in [0.5, 0.6) is 0 Å². The number of hydrogen-bond acceptors (Lipinski definition) is 10. The van der Waals surface area contributed by atoms with E-state index in [2.05, 4.69) is 34.7 Å². The SMILES string of the molecule is CCOC(=O)c1sc(NC(=O)CSc2nnc(-c3csc(C)c3CC)n2CC)c(C(=O)OCC)c1C. The smallest absolute Gasteiger partial charge is 0.348 e. The highest BCUT2D eigenvalue weighted by Gasteiger charge is 2.27. The maximum absolute atomic E-state index is 12.9. The first kappa shape index (κ1) is 27.9. The van der Waals surface area contributed by atoms with Crippen molar-refractivity contribution in [3.63, 3.8) is 0 Å². The van der Waals surface area contributed by atoms with Crippen molar-refractivity contribution in [1.82, 2.24) is 14.8 Å². The fourth-order valence-electron chi connectivity index (χ4n) is 3.72. The normalized spacial score (nSPS) is 10.9. The summed E-state index contributed by atoms with van der Waals surface area (Å²) in [7, 11) is 0. The predicted molar refractivity (Wildman–Crippen MR) is 143 cm³/mol. The van der Waals surface area contributed by atoms with Gasteiger partial charge in [0.05, 0.1) is 24.5 Å². The number of carbonyl (C=O) groups is 3. The van der Waals surface area contributed by atoms with Gasteiger partial charge in [-0.3, -0.25) is 4.79 Å². The molecule has 3 aromatic rings.